The van der Waals surface area contributed by atoms with Crippen molar-refractivity contribution in [1.82, 2.24) is 15.2 Å². The molecule has 3 aromatic rings. The molecule has 146 valence electrons. The lowest BCUT2D eigenvalue weighted by molar-refractivity contribution is 0.222. The minimum atomic E-state index is 0.480. The molecule has 1 aliphatic rings. The molecule has 3 N–H and O–H groups in total. The average Bonchev–Trinajstić information content (AvgIpc) is 2.74. The van der Waals surface area contributed by atoms with E-state index in [-0.39, 0.29) is 0 Å². The lowest BCUT2D eigenvalue weighted by atomic mass is 9.95. The molecule has 0 radical (unpaired) electrons. The van der Waals surface area contributed by atoms with Crippen LogP contribution in [0.25, 0.3) is 10.9 Å². The summed E-state index contributed by atoms with van der Waals surface area (Å²) in [5.41, 5.74) is 10.9. The summed E-state index contributed by atoms with van der Waals surface area (Å²) in [7, 11) is 0. The van der Waals surface area contributed by atoms with Crippen LogP contribution in [0.1, 0.15) is 29.7 Å². The quantitative estimate of drug-likeness (QED) is 0.593. The summed E-state index contributed by atoms with van der Waals surface area (Å²) in [6.07, 6.45) is 3.30. The fourth-order valence-electron chi connectivity index (χ4n) is 4.10. The molecule has 4 rings (SSSR count). The zero-order valence-electron chi connectivity index (χ0n) is 16.5. The molecule has 1 aromatic heterocycles. The Morgan fingerprint density at radius 2 is 1.79 bits per heavy atom. The summed E-state index contributed by atoms with van der Waals surface area (Å²) < 4.78 is 0. The average molecular weight is 375 g/mol. The van der Waals surface area contributed by atoms with E-state index < -0.39 is 0 Å². The Morgan fingerprint density at radius 1 is 0.964 bits per heavy atom. The van der Waals surface area contributed by atoms with Gasteiger partial charge in [-0.15, -0.1) is 0 Å². The van der Waals surface area contributed by atoms with E-state index in [0.717, 1.165) is 63.2 Å². The summed E-state index contributed by atoms with van der Waals surface area (Å²) in [6, 6.07) is 22.0. The SMILES string of the molecule is NCCCCN(Cc1ccc2ccccc2n1)C[C@H]1Cc2ccccc2CN1. The summed E-state index contributed by atoms with van der Waals surface area (Å²) in [4.78, 5) is 7.43. The molecule has 0 fully saturated rings. The summed E-state index contributed by atoms with van der Waals surface area (Å²) in [5.74, 6) is 0. The molecule has 0 saturated heterocycles. The van der Waals surface area contributed by atoms with E-state index in [1.54, 1.807) is 0 Å². The molecule has 0 saturated carbocycles. The number of nitrogens with two attached hydrogens (primary N) is 1. The van der Waals surface area contributed by atoms with E-state index in [4.69, 9.17) is 10.7 Å². The number of fused-ring (bicyclic) bond motifs is 2. The van der Waals surface area contributed by atoms with E-state index in [1.165, 1.54) is 16.5 Å². The van der Waals surface area contributed by atoms with Crippen molar-refractivity contribution in [3.8, 4) is 0 Å². The molecule has 4 heteroatoms. The molecular formula is C24H30N4. The van der Waals surface area contributed by atoms with Crippen LogP contribution in [0.3, 0.4) is 0 Å². The molecular weight excluding hydrogens is 344 g/mol. The van der Waals surface area contributed by atoms with Crippen LogP contribution in [-0.4, -0.2) is 35.6 Å². The summed E-state index contributed by atoms with van der Waals surface area (Å²) in [5, 5.41) is 4.93. The molecule has 2 heterocycles. The van der Waals surface area contributed by atoms with Gasteiger partial charge in [0.15, 0.2) is 0 Å². The molecule has 0 spiro atoms. The van der Waals surface area contributed by atoms with Crippen LogP contribution >= 0.6 is 0 Å². The van der Waals surface area contributed by atoms with Crippen LogP contribution < -0.4 is 11.1 Å². The number of benzene rings is 2. The Bertz CT molecular complexity index is 908. The standard InChI is InChI=1S/C24H30N4/c25-13-5-6-14-28(17-22-12-11-19-7-3-4-10-24(19)27-22)18-23-15-20-8-1-2-9-21(20)16-26-23/h1-4,7-12,23,26H,5-6,13-18,25H2/t23-/m1/s1. The van der Waals surface area contributed by atoms with Gasteiger partial charge in [-0.2, -0.15) is 0 Å². The van der Waals surface area contributed by atoms with Crippen LogP contribution in [0.5, 0.6) is 0 Å². The molecule has 4 nitrogen and oxygen atoms in total. The predicted octanol–water partition coefficient (Wildman–Crippen LogP) is 3.49. The molecule has 1 atom stereocenters. The van der Waals surface area contributed by atoms with Gasteiger partial charge in [0.25, 0.3) is 0 Å². The van der Waals surface area contributed by atoms with Crippen LogP contribution in [0, 0.1) is 0 Å². The highest BCUT2D eigenvalue weighted by Gasteiger charge is 2.20. The number of unbranched alkanes of at least 4 members (excludes halogenated alkanes) is 1. The molecule has 2 aromatic carbocycles. The minimum Gasteiger partial charge on any atom is -0.330 e. The topological polar surface area (TPSA) is 54.2 Å². The lowest BCUT2D eigenvalue weighted by Gasteiger charge is -2.31. The largest absolute Gasteiger partial charge is 0.330 e. The van der Waals surface area contributed by atoms with Gasteiger partial charge in [-0.05, 0) is 55.6 Å². The maximum Gasteiger partial charge on any atom is 0.0705 e. The minimum absolute atomic E-state index is 0.480. The van der Waals surface area contributed by atoms with Gasteiger partial charge in [-0.1, -0.05) is 48.5 Å². The zero-order chi connectivity index (χ0) is 19.2. The normalized spacial score (nSPS) is 16.4. The molecule has 0 aliphatic carbocycles. The monoisotopic (exact) mass is 374 g/mol. The second kappa shape index (κ2) is 9.28. The first-order valence-electron chi connectivity index (χ1n) is 10.4. The molecule has 1 aliphatic heterocycles. The molecule has 0 amide bonds. The Hall–Kier alpha value is -2.27. The molecule has 28 heavy (non-hydrogen) atoms. The van der Waals surface area contributed by atoms with Crippen molar-refractivity contribution in [3.63, 3.8) is 0 Å². The van der Waals surface area contributed by atoms with E-state index in [0.29, 0.717) is 6.04 Å². The van der Waals surface area contributed by atoms with Gasteiger partial charge in [0.2, 0.25) is 0 Å². The van der Waals surface area contributed by atoms with Crippen molar-refractivity contribution < 1.29 is 0 Å². The third-order valence-corrected chi connectivity index (χ3v) is 5.61. The Labute approximate surface area is 167 Å². The first kappa shape index (κ1) is 19.1. The van der Waals surface area contributed by atoms with E-state index in [9.17, 15) is 0 Å². The van der Waals surface area contributed by atoms with Crippen molar-refractivity contribution in [2.75, 3.05) is 19.6 Å². The van der Waals surface area contributed by atoms with Crippen LogP contribution in [0.15, 0.2) is 60.7 Å². The number of nitrogens with zero attached hydrogens (tertiary/aromatic N) is 2. The second-order valence-electron chi connectivity index (χ2n) is 7.78. The highest BCUT2D eigenvalue weighted by Crippen LogP contribution is 2.18. The second-order valence-corrected chi connectivity index (χ2v) is 7.78. The molecule has 0 unspecified atom stereocenters. The number of hydrogen-bond acceptors (Lipinski definition) is 4. The Morgan fingerprint density at radius 3 is 2.68 bits per heavy atom. The van der Waals surface area contributed by atoms with Gasteiger partial charge in [-0.3, -0.25) is 9.88 Å². The Kier molecular flexibility index (Phi) is 6.32. The summed E-state index contributed by atoms with van der Waals surface area (Å²) in [6.45, 7) is 4.71. The number of pyridine rings is 1. The first-order chi connectivity index (χ1) is 13.8. The van der Waals surface area contributed by atoms with Crippen molar-refractivity contribution in [3.05, 3.63) is 77.5 Å². The number of para-hydroxylation sites is 1. The van der Waals surface area contributed by atoms with Crippen LogP contribution in [0.2, 0.25) is 0 Å². The number of nitrogens with one attached hydrogen (secondary N) is 1. The predicted molar refractivity (Wildman–Crippen MR) is 116 cm³/mol. The highest BCUT2D eigenvalue weighted by molar-refractivity contribution is 5.78. The third kappa shape index (κ3) is 4.76. The van der Waals surface area contributed by atoms with Gasteiger partial charge in [0, 0.05) is 31.1 Å². The van der Waals surface area contributed by atoms with Crippen molar-refractivity contribution >= 4 is 10.9 Å². The van der Waals surface area contributed by atoms with E-state index in [1.807, 2.05) is 0 Å². The Balaban J connectivity index is 1.45. The first-order valence-corrected chi connectivity index (χ1v) is 10.4. The number of hydrogen-bond donors (Lipinski definition) is 2. The third-order valence-electron chi connectivity index (χ3n) is 5.61. The molecule has 0 bridgehead atoms. The highest BCUT2D eigenvalue weighted by atomic mass is 15.2. The van der Waals surface area contributed by atoms with Gasteiger partial charge >= 0.3 is 0 Å². The van der Waals surface area contributed by atoms with Crippen LogP contribution in [-0.2, 0) is 19.5 Å². The lowest BCUT2D eigenvalue weighted by Crippen LogP contribution is -2.44. The summed E-state index contributed by atoms with van der Waals surface area (Å²) >= 11 is 0. The van der Waals surface area contributed by atoms with Crippen molar-refractivity contribution in [2.45, 2.75) is 38.4 Å². The maximum atomic E-state index is 5.72. The van der Waals surface area contributed by atoms with Gasteiger partial charge in [0.1, 0.15) is 0 Å². The maximum absolute atomic E-state index is 5.72. The van der Waals surface area contributed by atoms with Crippen molar-refractivity contribution in [1.29, 1.82) is 0 Å². The number of aromatic nitrogens is 1. The smallest absolute Gasteiger partial charge is 0.0705 e. The fourth-order valence-corrected chi connectivity index (χ4v) is 4.10. The zero-order valence-corrected chi connectivity index (χ0v) is 16.5. The number of rotatable bonds is 8. The van der Waals surface area contributed by atoms with Gasteiger partial charge in [-0.25, -0.2) is 0 Å². The van der Waals surface area contributed by atoms with Gasteiger partial charge in [0.05, 0.1) is 11.2 Å². The van der Waals surface area contributed by atoms with Crippen LogP contribution in [0.4, 0.5) is 0 Å². The van der Waals surface area contributed by atoms with E-state index >= 15 is 0 Å². The van der Waals surface area contributed by atoms with Crippen molar-refractivity contribution in [2.24, 2.45) is 5.73 Å². The fraction of sp³-hybridized carbons (Fsp3) is 0.375. The van der Waals surface area contributed by atoms with E-state index in [2.05, 4.69) is 70.9 Å². The van der Waals surface area contributed by atoms with Gasteiger partial charge < -0.3 is 11.1 Å².